The number of anilines is 1. The van der Waals surface area contributed by atoms with Gasteiger partial charge >= 0.3 is 0 Å². The minimum Gasteiger partial charge on any atom is -0.299 e. The number of benzene rings is 1. The molecule has 0 spiro atoms. The van der Waals surface area contributed by atoms with E-state index in [1.807, 2.05) is 11.4 Å². The molecule has 0 fully saturated rings. The molecule has 1 aromatic heterocycles. The lowest BCUT2D eigenvalue weighted by Crippen LogP contribution is -2.29. The first-order valence-electron chi connectivity index (χ1n) is 6.58. The number of carbonyl (C=O) groups excluding carboxylic acids is 2. The first kappa shape index (κ1) is 14.4. The molecule has 6 heteroatoms. The number of hydrogen-bond donors (Lipinski definition) is 0. The highest BCUT2D eigenvalue weighted by atomic mass is 79.9. The number of carbonyl (C=O) groups is 2. The summed E-state index contributed by atoms with van der Waals surface area (Å²) in [5.74, 6) is -0.589. The van der Waals surface area contributed by atoms with Gasteiger partial charge in [0.25, 0.3) is 11.7 Å². The summed E-state index contributed by atoms with van der Waals surface area (Å²) in [6.45, 7) is 4.50. The van der Waals surface area contributed by atoms with Crippen LogP contribution >= 0.6 is 27.3 Å². The zero-order valence-electron chi connectivity index (χ0n) is 11.6. The summed E-state index contributed by atoms with van der Waals surface area (Å²) in [4.78, 5) is 30.3. The van der Waals surface area contributed by atoms with E-state index in [-0.39, 0.29) is 0 Å². The van der Waals surface area contributed by atoms with E-state index in [4.69, 9.17) is 0 Å². The first-order chi connectivity index (χ1) is 9.99. The maximum atomic E-state index is 12.2. The van der Waals surface area contributed by atoms with Gasteiger partial charge in [-0.05, 0) is 28.1 Å². The summed E-state index contributed by atoms with van der Waals surface area (Å²) in [6.07, 6.45) is 0. The third-order valence-electron chi connectivity index (χ3n) is 3.33. The number of rotatable bonds is 3. The molecular formula is C15H13BrN2O2S. The maximum absolute atomic E-state index is 12.2. The number of hydrogen-bond acceptors (Lipinski definition) is 4. The van der Waals surface area contributed by atoms with Gasteiger partial charge in [-0.2, -0.15) is 0 Å². The molecule has 0 saturated carbocycles. The second-order valence-corrected chi connectivity index (χ2v) is 6.93. The van der Waals surface area contributed by atoms with Crippen LogP contribution in [0.1, 0.15) is 40.8 Å². The van der Waals surface area contributed by atoms with Crippen LogP contribution in [0.5, 0.6) is 0 Å². The number of fused-ring (bicyclic) bond motifs is 1. The molecule has 0 unspecified atom stereocenters. The van der Waals surface area contributed by atoms with E-state index in [1.165, 1.54) is 4.90 Å². The summed E-state index contributed by atoms with van der Waals surface area (Å²) in [6, 6.07) is 5.38. The molecule has 2 aromatic rings. The average molecular weight is 365 g/mol. The van der Waals surface area contributed by atoms with Gasteiger partial charge in [-0.3, -0.25) is 14.5 Å². The maximum Gasteiger partial charge on any atom is 0.299 e. The second kappa shape index (κ2) is 5.35. The monoisotopic (exact) mass is 364 g/mol. The predicted octanol–water partition coefficient (Wildman–Crippen LogP) is 3.76. The number of nitrogens with zero attached hydrogens (tertiary/aromatic N) is 2. The summed E-state index contributed by atoms with van der Waals surface area (Å²) in [5.41, 5.74) is 1.91. The Bertz CT molecular complexity index is 739. The van der Waals surface area contributed by atoms with Gasteiger partial charge in [-0.15, -0.1) is 11.3 Å². The Hall–Kier alpha value is -1.53. The summed E-state index contributed by atoms with van der Waals surface area (Å²) in [7, 11) is 0. The lowest BCUT2D eigenvalue weighted by molar-refractivity contribution is -0.114. The Labute approximate surface area is 134 Å². The largest absolute Gasteiger partial charge is 0.299 e. The van der Waals surface area contributed by atoms with E-state index in [2.05, 4.69) is 34.8 Å². The molecule has 0 saturated heterocycles. The molecule has 0 aliphatic carbocycles. The Morgan fingerprint density at radius 2 is 2.10 bits per heavy atom. The number of amides is 1. The highest BCUT2D eigenvalue weighted by Crippen LogP contribution is 2.35. The van der Waals surface area contributed by atoms with Gasteiger partial charge in [0.2, 0.25) is 0 Å². The number of thiazole rings is 1. The van der Waals surface area contributed by atoms with Crippen LogP contribution in [-0.2, 0) is 11.3 Å². The Kier molecular flexibility index (Phi) is 3.67. The topological polar surface area (TPSA) is 50.3 Å². The highest BCUT2D eigenvalue weighted by molar-refractivity contribution is 9.10. The molecular weight excluding hydrogens is 352 g/mol. The second-order valence-electron chi connectivity index (χ2n) is 5.19. The van der Waals surface area contributed by atoms with Crippen LogP contribution in [0.15, 0.2) is 28.1 Å². The van der Waals surface area contributed by atoms with Gasteiger partial charge in [0.15, 0.2) is 0 Å². The van der Waals surface area contributed by atoms with Gasteiger partial charge in [-0.1, -0.05) is 19.9 Å². The van der Waals surface area contributed by atoms with Crippen molar-refractivity contribution in [3.63, 3.8) is 0 Å². The van der Waals surface area contributed by atoms with Crippen LogP contribution in [0.2, 0.25) is 0 Å². The molecule has 3 rings (SSSR count). The molecule has 0 radical (unpaired) electrons. The lowest BCUT2D eigenvalue weighted by atomic mass is 10.1. The number of Topliss-reactive ketones (excluding diaryl/α,β-unsaturated/α-hetero) is 1. The van der Waals surface area contributed by atoms with Crippen molar-refractivity contribution in [2.24, 2.45) is 0 Å². The Balaban J connectivity index is 1.95. The van der Waals surface area contributed by atoms with Crippen LogP contribution in [-0.4, -0.2) is 16.7 Å². The van der Waals surface area contributed by atoms with Crippen LogP contribution in [0.4, 0.5) is 5.69 Å². The zero-order valence-corrected chi connectivity index (χ0v) is 14.0. The molecule has 2 heterocycles. The van der Waals surface area contributed by atoms with Crippen molar-refractivity contribution >= 4 is 44.6 Å². The SMILES string of the molecule is CC(C)c1nc(CN2C(=O)C(=O)c3c(Br)cccc32)cs1. The molecule has 0 atom stereocenters. The van der Waals surface area contributed by atoms with Crippen molar-refractivity contribution in [1.82, 2.24) is 4.98 Å². The molecule has 1 amide bonds. The quantitative estimate of drug-likeness (QED) is 0.779. The Morgan fingerprint density at radius 1 is 1.33 bits per heavy atom. The summed E-state index contributed by atoms with van der Waals surface area (Å²) in [5, 5.41) is 2.99. The van der Waals surface area contributed by atoms with Crippen molar-refractivity contribution in [1.29, 1.82) is 0 Å². The van der Waals surface area contributed by atoms with Gasteiger partial charge in [-0.25, -0.2) is 4.98 Å². The molecule has 4 nitrogen and oxygen atoms in total. The van der Waals surface area contributed by atoms with Crippen molar-refractivity contribution in [2.75, 3.05) is 4.90 Å². The fourth-order valence-electron chi connectivity index (χ4n) is 2.28. The van der Waals surface area contributed by atoms with Crippen molar-refractivity contribution in [3.8, 4) is 0 Å². The molecule has 1 aliphatic rings. The summed E-state index contributed by atoms with van der Waals surface area (Å²) < 4.78 is 0.655. The first-order valence-corrected chi connectivity index (χ1v) is 8.25. The molecule has 1 aromatic carbocycles. The molecule has 1 aliphatic heterocycles. The van der Waals surface area contributed by atoms with Crippen LogP contribution in [0, 0.1) is 0 Å². The average Bonchev–Trinajstić information content (AvgIpc) is 3.00. The van der Waals surface area contributed by atoms with Crippen molar-refractivity contribution < 1.29 is 9.59 Å². The molecule has 0 N–H and O–H groups in total. The normalized spacial score (nSPS) is 14.2. The minimum absolute atomic E-state index is 0.331. The van der Waals surface area contributed by atoms with E-state index in [1.54, 1.807) is 23.5 Å². The predicted molar refractivity (Wildman–Crippen MR) is 85.9 cm³/mol. The van der Waals surface area contributed by atoms with Gasteiger partial charge in [0, 0.05) is 15.8 Å². The fraction of sp³-hybridized carbons (Fsp3) is 0.267. The van der Waals surface area contributed by atoms with E-state index < -0.39 is 11.7 Å². The van der Waals surface area contributed by atoms with Crippen LogP contribution in [0.25, 0.3) is 0 Å². The standard InChI is InChI=1S/C15H13BrN2O2S/c1-8(2)14-17-9(7-21-14)6-18-11-5-3-4-10(16)12(11)13(19)15(18)20/h3-5,7-8H,6H2,1-2H3. The third-order valence-corrected chi connectivity index (χ3v) is 5.19. The number of aromatic nitrogens is 1. The highest BCUT2D eigenvalue weighted by Gasteiger charge is 2.37. The smallest absolute Gasteiger partial charge is 0.299 e. The molecule has 21 heavy (non-hydrogen) atoms. The minimum atomic E-state index is -0.490. The fourth-order valence-corrected chi connectivity index (χ4v) is 3.64. The van der Waals surface area contributed by atoms with Gasteiger partial charge in [0.05, 0.1) is 28.5 Å². The number of halogens is 1. The zero-order chi connectivity index (χ0) is 15.1. The summed E-state index contributed by atoms with van der Waals surface area (Å²) >= 11 is 4.92. The number of ketones is 1. The van der Waals surface area contributed by atoms with Crippen LogP contribution < -0.4 is 4.90 Å². The van der Waals surface area contributed by atoms with Gasteiger partial charge < -0.3 is 0 Å². The van der Waals surface area contributed by atoms with Crippen molar-refractivity contribution in [2.45, 2.75) is 26.3 Å². The molecule has 108 valence electrons. The Morgan fingerprint density at radius 3 is 2.76 bits per heavy atom. The van der Waals surface area contributed by atoms with Gasteiger partial charge in [0.1, 0.15) is 0 Å². The van der Waals surface area contributed by atoms with Crippen molar-refractivity contribution in [3.05, 3.63) is 44.3 Å². The lowest BCUT2D eigenvalue weighted by Gasteiger charge is -2.15. The molecule has 0 bridgehead atoms. The van der Waals surface area contributed by atoms with E-state index in [9.17, 15) is 9.59 Å². The third kappa shape index (κ3) is 2.42. The van der Waals surface area contributed by atoms with E-state index in [0.717, 1.165) is 10.7 Å². The van der Waals surface area contributed by atoms with Crippen LogP contribution in [0.3, 0.4) is 0 Å². The van der Waals surface area contributed by atoms with E-state index >= 15 is 0 Å². The van der Waals surface area contributed by atoms with E-state index in [0.29, 0.717) is 28.2 Å².